The minimum Gasteiger partial charge on any atom is -0.379 e. The summed E-state index contributed by atoms with van der Waals surface area (Å²) in [5, 5.41) is 3.65. The third kappa shape index (κ3) is 1.03. The summed E-state index contributed by atoms with van der Waals surface area (Å²) >= 11 is 0. The number of para-hydroxylation sites is 2. The van der Waals surface area contributed by atoms with E-state index in [0.717, 1.165) is 0 Å². The quantitative estimate of drug-likeness (QED) is 0.673. The predicted molar refractivity (Wildman–Crippen MR) is 59.9 cm³/mol. The van der Waals surface area contributed by atoms with E-state index in [1.807, 2.05) is 0 Å². The first-order valence-electron chi connectivity index (χ1n) is 5.44. The van der Waals surface area contributed by atoms with Crippen LogP contribution in [0.5, 0.6) is 0 Å². The molecule has 0 amide bonds. The maximum absolute atomic E-state index is 3.65. The molecule has 1 aromatic rings. The van der Waals surface area contributed by atoms with Crippen LogP contribution in [0.25, 0.3) is 0 Å². The summed E-state index contributed by atoms with van der Waals surface area (Å²) in [5.74, 6) is 0. The second-order valence-electron chi connectivity index (χ2n) is 4.38. The molecule has 1 saturated carbocycles. The monoisotopic (exact) mass is 188 g/mol. The van der Waals surface area contributed by atoms with Gasteiger partial charge in [0.1, 0.15) is 0 Å². The summed E-state index contributed by atoms with van der Waals surface area (Å²) in [7, 11) is 2.22. The highest BCUT2D eigenvalue weighted by Crippen LogP contribution is 2.38. The van der Waals surface area contributed by atoms with Crippen molar-refractivity contribution in [3.05, 3.63) is 24.3 Å². The van der Waals surface area contributed by atoms with Crippen LogP contribution in [0.4, 0.5) is 11.4 Å². The molecule has 0 saturated heterocycles. The molecule has 14 heavy (non-hydrogen) atoms. The number of anilines is 2. The average molecular weight is 188 g/mol. The molecule has 0 bridgehead atoms. The number of rotatable bonds is 0. The van der Waals surface area contributed by atoms with Crippen molar-refractivity contribution in [2.75, 3.05) is 17.3 Å². The Morgan fingerprint density at radius 1 is 1.29 bits per heavy atom. The Morgan fingerprint density at radius 2 is 2.14 bits per heavy atom. The van der Waals surface area contributed by atoms with Gasteiger partial charge in [-0.05, 0) is 31.4 Å². The molecule has 1 aliphatic carbocycles. The van der Waals surface area contributed by atoms with Crippen LogP contribution in [-0.2, 0) is 0 Å². The van der Waals surface area contributed by atoms with Crippen molar-refractivity contribution in [1.82, 2.24) is 0 Å². The highest BCUT2D eigenvalue weighted by Gasteiger charge is 2.34. The molecule has 2 heteroatoms. The number of hydrogen-bond donors (Lipinski definition) is 1. The van der Waals surface area contributed by atoms with Crippen molar-refractivity contribution < 1.29 is 0 Å². The second kappa shape index (κ2) is 2.91. The third-order valence-corrected chi connectivity index (χ3v) is 3.60. The molecule has 2 aliphatic rings. The van der Waals surface area contributed by atoms with Gasteiger partial charge < -0.3 is 10.2 Å². The van der Waals surface area contributed by atoms with Gasteiger partial charge in [-0.25, -0.2) is 0 Å². The molecule has 2 unspecified atom stereocenters. The van der Waals surface area contributed by atoms with Gasteiger partial charge in [0.05, 0.1) is 11.4 Å². The second-order valence-corrected chi connectivity index (χ2v) is 4.38. The van der Waals surface area contributed by atoms with Crippen molar-refractivity contribution in [3.63, 3.8) is 0 Å². The van der Waals surface area contributed by atoms with Crippen molar-refractivity contribution in [2.24, 2.45) is 0 Å². The SMILES string of the molecule is CN1c2ccccc2NC2CCCC21. The summed E-state index contributed by atoms with van der Waals surface area (Å²) in [4.78, 5) is 2.45. The molecule has 1 N–H and O–H groups in total. The normalized spacial score (nSPS) is 29.4. The van der Waals surface area contributed by atoms with Crippen LogP contribution in [0.3, 0.4) is 0 Å². The molecule has 0 aromatic heterocycles. The summed E-state index contributed by atoms with van der Waals surface area (Å²) < 4.78 is 0. The first-order chi connectivity index (χ1) is 6.86. The van der Waals surface area contributed by atoms with Crippen molar-refractivity contribution >= 4 is 11.4 Å². The number of nitrogens with zero attached hydrogens (tertiary/aromatic N) is 1. The highest BCUT2D eigenvalue weighted by molar-refractivity contribution is 5.73. The Morgan fingerprint density at radius 3 is 3.07 bits per heavy atom. The molecule has 3 rings (SSSR count). The Balaban J connectivity index is 2.04. The van der Waals surface area contributed by atoms with Crippen molar-refractivity contribution in [1.29, 1.82) is 0 Å². The fourth-order valence-corrected chi connectivity index (χ4v) is 2.85. The van der Waals surface area contributed by atoms with Crippen LogP contribution in [0.1, 0.15) is 19.3 Å². The van der Waals surface area contributed by atoms with Gasteiger partial charge in [0.2, 0.25) is 0 Å². The molecule has 1 aliphatic heterocycles. The molecule has 0 spiro atoms. The van der Waals surface area contributed by atoms with Gasteiger partial charge in [0, 0.05) is 19.1 Å². The summed E-state index contributed by atoms with van der Waals surface area (Å²) in [6, 6.07) is 10.00. The van der Waals surface area contributed by atoms with E-state index in [2.05, 4.69) is 41.5 Å². The molecule has 1 heterocycles. The van der Waals surface area contributed by atoms with Gasteiger partial charge in [-0.2, -0.15) is 0 Å². The first kappa shape index (κ1) is 8.16. The first-order valence-corrected chi connectivity index (χ1v) is 5.44. The molecule has 0 radical (unpaired) electrons. The van der Waals surface area contributed by atoms with Crippen LogP contribution < -0.4 is 10.2 Å². The van der Waals surface area contributed by atoms with E-state index in [0.29, 0.717) is 12.1 Å². The molecule has 74 valence electrons. The van der Waals surface area contributed by atoms with Crippen LogP contribution >= 0.6 is 0 Å². The largest absolute Gasteiger partial charge is 0.379 e. The summed E-state index contributed by atoms with van der Waals surface area (Å²) in [6.07, 6.45) is 4.02. The lowest BCUT2D eigenvalue weighted by atomic mass is 10.0. The Kier molecular flexibility index (Phi) is 1.69. The van der Waals surface area contributed by atoms with Crippen LogP contribution in [0.15, 0.2) is 24.3 Å². The number of hydrogen-bond acceptors (Lipinski definition) is 2. The van der Waals surface area contributed by atoms with E-state index in [1.165, 1.54) is 30.6 Å². The van der Waals surface area contributed by atoms with E-state index >= 15 is 0 Å². The van der Waals surface area contributed by atoms with Gasteiger partial charge in [0.15, 0.2) is 0 Å². The van der Waals surface area contributed by atoms with Gasteiger partial charge in [-0.15, -0.1) is 0 Å². The summed E-state index contributed by atoms with van der Waals surface area (Å²) in [5.41, 5.74) is 2.66. The zero-order valence-corrected chi connectivity index (χ0v) is 8.53. The van der Waals surface area contributed by atoms with Crippen molar-refractivity contribution in [2.45, 2.75) is 31.3 Å². The van der Waals surface area contributed by atoms with E-state index in [-0.39, 0.29) is 0 Å². The van der Waals surface area contributed by atoms with E-state index < -0.39 is 0 Å². The smallest absolute Gasteiger partial charge is 0.0602 e. The van der Waals surface area contributed by atoms with Crippen LogP contribution in [-0.4, -0.2) is 19.1 Å². The predicted octanol–water partition coefficient (Wildman–Crippen LogP) is 2.47. The number of fused-ring (bicyclic) bond motifs is 2. The van der Waals surface area contributed by atoms with Gasteiger partial charge >= 0.3 is 0 Å². The Bertz CT molecular complexity index is 348. The van der Waals surface area contributed by atoms with Crippen LogP contribution in [0.2, 0.25) is 0 Å². The highest BCUT2D eigenvalue weighted by atomic mass is 15.2. The fourth-order valence-electron chi connectivity index (χ4n) is 2.85. The zero-order chi connectivity index (χ0) is 9.54. The Labute approximate surface area is 84.9 Å². The minimum absolute atomic E-state index is 0.676. The van der Waals surface area contributed by atoms with Gasteiger partial charge in [-0.3, -0.25) is 0 Å². The van der Waals surface area contributed by atoms with E-state index in [4.69, 9.17) is 0 Å². The lowest BCUT2D eigenvalue weighted by Crippen LogP contribution is -2.45. The number of benzene rings is 1. The molecular formula is C12H16N2. The number of likely N-dealkylation sites (N-methyl/N-ethyl adjacent to an activating group) is 1. The lowest BCUT2D eigenvalue weighted by Gasteiger charge is -2.39. The van der Waals surface area contributed by atoms with Gasteiger partial charge in [-0.1, -0.05) is 12.1 Å². The Hall–Kier alpha value is -1.18. The fraction of sp³-hybridized carbons (Fsp3) is 0.500. The van der Waals surface area contributed by atoms with Crippen molar-refractivity contribution in [3.8, 4) is 0 Å². The molecule has 1 fully saturated rings. The summed E-state index contributed by atoms with van der Waals surface area (Å²) in [6.45, 7) is 0. The maximum Gasteiger partial charge on any atom is 0.0602 e. The van der Waals surface area contributed by atoms with Gasteiger partial charge in [0.25, 0.3) is 0 Å². The third-order valence-electron chi connectivity index (χ3n) is 3.60. The zero-order valence-electron chi connectivity index (χ0n) is 8.53. The minimum atomic E-state index is 0.676. The molecule has 1 aromatic carbocycles. The average Bonchev–Trinajstić information content (AvgIpc) is 2.66. The molecule has 2 nitrogen and oxygen atoms in total. The molecular weight excluding hydrogens is 172 g/mol. The van der Waals surface area contributed by atoms with E-state index in [9.17, 15) is 0 Å². The maximum atomic E-state index is 3.65. The topological polar surface area (TPSA) is 15.3 Å². The van der Waals surface area contributed by atoms with E-state index in [1.54, 1.807) is 0 Å². The lowest BCUT2D eigenvalue weighted by molar-refractivity contribution is 0.586. The molecule has 2 atom stereocenters. The standard InChI is InChI=1S/C12H16N2/c1-14-11-7-3-2-5-9(11)13-10-6-4-8-12(10)14/h2-3,5,7,10,12-13H,4,6,8H2,1H3. The van der Waals surface area contributed by atoms with Crippen LogP contribution in [0, 0.1) is 0 Å². The number of nitrogens with one attached hydrogen (secondary N) is 1.